The molecule has 2 atom stereocenters. The van der Waals surface area contributed by atoms with Gasteiger partial charge in [-0.2, -0.15) is 0 Å². The lowest BCUT2D eigenvalue weighted by Crippen LogP contribution is -2.35. The van der Waals surface area contributed by atoms with Crippen molar-refractivity contribution in [2.45, 2.75) is 37.7 Å². The first kappa shape index (κ1) is 13.2. The SMILES string of the molecule is COC(=O)CC12OC(=O)CC1CCCc1ccccc12. The number of rotatable bonds is 2. The molecule has 4 heteroatoms. The van der Waals surface area contributed by atoms with Crippen molar-refractivity contribution in [1.82, 2.24) is 0 Å². The molecule has 0 N–H and O–H groups in total. The van der Waals surface area contributed by atoms with E-state index in [0.29, 0.717) is 6.42 Å². The Labute approximate surface area is 118 Å². The topological polar surface area (TPSA) is 52.6 Å². The van der Waals surface area contributed by atoms with Crippen molar-refractivity contribution >= 4 is 11.9 Å². The van der Waals surface area contributed by atoms with Crippen molar-refractivity contribution in [2.75, 3.05) is 7.11 Å². The Bertz CT molecular complexity index is 551. The summed E-state index contributed by atoms with van der Waals surface area (Å²) in [5.41, 5.74) is 1.34. The van der Waals surface area contributed by atoms with E-state index in [1.807, 2.05) is 18.2 Å². The molecule has 0 radical (unpaired) electrons. The Hall–Kier alpha value is -1.84. The van der Waals surface area contributed by atoms with Crippen LogP contribution in [0.5, 0.6) is 0 Å². The highest BCUT2D eigenvalue weighted by Crippen LogP contribution is 2.49. The zero-order chi connectivity index (χ0) is 14.2. The van der Waals surface area contributed by atoms with Crippen LogP contribution in [0.1, 0.15) is 36.8 Å². The van der Waals surface area contributed by atoms with Gasteiger partial charge in [-0.3, -0.25) is 9.59 Å². The molecule has 1 saturated heterocycles. The second-order valence-electron chi connectivity index (χ2n) is 5.57. The number of ether oxygens (including phenoxy) is 2. The van der Waals surface area contributed by atoms with Crippen LogP contribution in [-0.4, -0.2) is 19.0 Å². The zero-order valence-electron chi connectivity index (χ0n) is 11.6. The van der Waals surface area contributed by atoms with Gasteiger partial charge in [-0.15, -0.1) is 0 Å². The molecule has 3 rings (SSSR count). The lowest BCUT2D eigenvalue weighted by molar-refractivity contribution is -0.159. The molecule has 0 bridgehead atoms. The average molecular weight is 274 g/mol. The van der Waals surface area contributed by atoms with E-state index in [-0.39, 0.29) is 24.3 Å². The van der Waals surface area contributed by atoms with E-state index in [2.05, 4.69) is 6.07 Å². The quantitative estimate of drug-likeness (QED) is 0.777. The molecule has 2 unspecified atom stereocenters. The molecule has 1 aliphatic heterocycles. The molecular formula is C16H18O4. The molecular weight excluding hydrogens is 256 g/mol. The molecule has 1 aromatic carbocycles. The van der Waals surface area contributed by atoms with Gasteiger partial charge in [0.15, 0.2) is 5.60 Å². The van der Waals surface area contributed by atoms with E-state index in [1.54, 1.807) is 0 Å². The van der Waals surface area contributed by atoms with E-state index in [9.17, 15) is 9.59 Å². The van der Waals surface area contributed by atoms with Gasteiger partial charge in [0, 0.05) is 5.92 Å². The van der Waals surface area contributed by atoms with E-state index in [1.165, 1.54) is 12.7 Å². The second kappa shape index (κ2) is 4.93. The highest BCUT2D eigenvalue weighted by molar-refractivity contribution is 5.77. The molecule has 1 aliphatic carbocycles. The van der Waals surface area contributed by atoms with Crippen molar-refractivity contribution in [2.24, 2.45) is 5.92 Å². The Morgan fingerprint density at radius 2 is 2.25 bits per heavy atom. The number of benzene rings is 1. The van der Waals surface area contributed by atoms with Crippen LogP contribution in [0, 0.1) is 5.92 Å². The number of carbonyl (C=O) groups is 2. The van der Waals surface area contributed by atoms with Crippen LogP contribution >= 0.6 is 0 Å². The standard InChI is InChI=1S/C16H18O4/c1-19-15(18)10-16-12(9-14(17)20-16)7-4-6-11-5-2-3-8-13(11)16/h2-3,5,8,12H,4,6-7,9-10H2,1H3. The summed E-state index contributed by atoms with van der Waals surface area (Å²) in [4.78, 5) is 23.7. The van der Waals surface area contributed by atoms with Crippen LogP contribution in [0.15, 0.2) is 24.3 Å². The number of esters is 2. The van der Waals surface area contributed by atoms with Gasteiger partial charge in [-0.05, 0) is 30.4 Å². The molecule has 1 fully saturated rings. The van der Waals surface area contributed by atoms with Gasteiger partial charge in [-0.1, -0.05) is 24.3 Å². The monoisotopic (exact) mass is 274 g/mol. The molecule has 2 aliphatic rings. The number of hydrogen-bond acceptors (Lipinski definition) is 4. The third-order valence-electron chi connectivity index (χ3n) is 4.48. The van der Waals surface area contributed by atoms with E-state index >= 15 is 0 Å². The fraction of sp³-hybridized carbons (Fsp3) is 0.500. The summed E-state index contributed by atoms with van der Waals surface area (Å²) in [5, 5.41) is 0. The van der Waals surface area contributed by atoms with Gasteiger partial charge in [0.2, 0.25) is 0 Å². The van der Waals surface area contributed by atoms with Gasteiger partial charge in [0.05, 0.1) is 20.0 Å². The fourth-order valence-corrected chi connectivity index (χ4v) is 3.56. The highest BCUT2D eigenvalue weighted by atomic mass is 16.6. The summed E-state index contributed by atoms with van der Waals surface area (Å²) in [6, 6.07) is 7.96. The third kappa shape index (κ3) is 1.99. The maximum atomic E-state index is 11.8. The van der Waals surface area contributed by atoms with Gasteiger partial charge in [0.25, 0.3) is 0 Å². The maximum absolute atomic E-state index is 11.8. The smallest absolute Gasteiger partial charge is 0.309 e. The summed E-state index contributed by atoms with van der Waals surface area (Å²) >= 11 is 0. The van der Waals surface area contributed by atoms with E-state index < -0.39 is 5.60 Å². The molecule has 1 heterocycles. The molecule has 0 amide bonds. The predicted octanol–water partition coefficient (Wildman–Crippen LogP) is 2.34. The fourth-order valence-electron chi connectivity index (χ4n) is 3.56. The minimum Gasteiger partial charge on any atom is -0.469 e. The molecule has 0 saturated carbocycles. The summed E-state index contributed by atoms with van der Waals surface area (Å²) in [5.74, 6) is -0.477. The Morgan fingerprint density at radius 3 is 3.05 bits per heavy atom. The summed E-state index contributed by atoms with van der Waals surface area (Å²) in [7, 11) is 1.37. The summed E-state index contributed by atoms with van der Waals surface area (Å²) < 4.78 is 10.5. The molecule has 1 aromatic rings. The van der Waals surface area contributed by atoms with Crippen molar-refractivity contribution in [3.8, 4) is 0 Å². The Balaban J connectivity index is 2.11. The average Bonchev–Trinajstić information content (AvgIpc) is 2.68. The van der Waals surface area contributed by atoms with Crippen LogP contribution in [0.25, 0.3) is 0 Å². The number of methoxy groups -OCH3 is 1. The number of hydrogen-bond donors (Lipinski definition) is 0. The van der Waals surface area contributed by atoms with Crippen molar-refractivity contribution < 1.29 is 19.1 Å². The maximum Gasteiger partial charge on any atom is 0.309 e. The van der Waals surface area contributed by atoms with Gasteiger partial charge < -0.3 is 9.47 Å². The van der Waals surface area contributed by atoms with Crippen molar-refractivity contribution in [3.05, 3.63) is 35.4 Å². The largest absolute Gasteiger partial charge is 0.469 e. The van der Waals surface area contributed by atoms with Gasteiger partial charge in [-0.25, -0.2) is 0 Å². The predicted molar refractivity (Wildman–Crippen MR) is 71.9 cm³/mol. The number of carbonyl (C=O) groups excluding carboxylic acids is 2. The molecule has 4 nitrogen and oxygen atoms in total. The van der Waals surface area contributed by atoms with Crippen LogP contribution in [0.3, 0.4) is 0 Å². The molecule has 0 spiro atoms. The molecule has 106 valence electrons. The minimum absolute atomic E-state index is 0.0674. The van der Waals surface area contributed by atoms with Crippen LogP contribution in [0.4, 0.5) is 0 Å². The zero-order valence-corrected chi connectivity index (χ0v) is 11.6. The lowest BCUT2D eigenvalue weighted by atomic mass is 9.77. The molecule has 0 aromatic heterocycles. The lowest BCUT2D eigenvalue weighted by Gasteiger charge is -2.32. The van der Waals surface area contributed by atoms with Crippen molar-refractivity contribution in [1.29, 1.82) is 0 Å². The van der Waals surface area contributed by atoms with E-state index in [4.69, 9.17) is 9.47 Å². The molecule has 20 heavy (non-hydrogen) atoms. The first-order valence-electron chi connectivity index (χ1n) is 7.03. The normalized spacial score (nSPS) is 28.1. The number of fused-ring (bicyclic) bond motifs is 3. The van der Waals surface area contributed by atoms with Crippen LogP contribution < -0.4 is 0 Å². The van der Waals surface area contributed by atoms with Crippen LogP contribution in [-0.2, 0) is 31.1 Å². The summed E-state index contributed by atoms with van der Waals surface area (Å²) in [6.07, 6.45) is 3.38. The highest BCUT2D eigenvalue weighted by Gasteiger charge is 2.53. The third-order valence-corrected chi connectivity index (χ3v) is 4.48. The number of aryl methyl sites for hydroxylation is 1. The summed E-state index contributed by atoms with van der Waals surface area (Å²) in [6.45, 7) is 0. The Morgan fingerprint density at radius 1 is 1.45 bits per heavy atom. The first-order chi connectivity index (χ1) is 9.65. The van der Waals surface area contributed by atoms with Crippen molar-refractivity contribution in [3.63, 3.8) is 0 Å². The minimum atomic E-state index is -0.822. The second-order valence-corrected chi connectivity index (χ2v) is 5.57. The van der Waals surface area contributed by atoms with Crippen LogP contribution in [0.2, 0.25) is 0 Å². The first-order valence-corrected chi connectivity index (χ1v) is 7.03. The van der Waals surface area contributed by atoms with Gasteiger partial charge in [0.1, 0.15) is 0 Å². The Kier molecular flexibility index (Phi) is 3.24. The van der Waals surface area contributed by atoms with Gasteiger partial charge >= 0.3 is 11.9 Å². The van der Waals surface area contributed by atoms with E-state index in [0.717, 1.165) is 24.8 Å².